The first kappa shape index (κ1) is 22.4. The van der Waals surface area contributed by atoms with Gasteiger partial charge >= 0.3 is 0 Å². The Kier molecular flexibility index (Phi) is 7.12. The minimum atomic E-state index is -0.427. The molecule has 1 aromatic heterocycles. The van der Waals surface area contributed by atoms with Crippen molar-refractivity contribution in [2.75, 3.05) is 39.1 Å². The molecule has 2 N–H and O–H groups in total. The van der Waals surface area contributed by atoms with E-state index in [1.807, 2.05) is 0 Å². The summed E-state index contributed by atoms with van der Waals surface area (Å²) >= 11 is 0. The van der Waals surface area contributed by atoms with Gasteiger partial charge in [-0.05, 0) is 36.4 Å². The van der Waals surface area contributed by atoms with Gasteiger partial charge in [0.05, 0.1) is 34.0 Å². The predicted molar refractivity (Wildman–Crippen MR) is 119 cm³/mol. The van der Waals surface area contributed by atoms with Crippen LogP contribution in [0.1, 0.15) is 20.8 Å². The highest BCUT2D eigenvalue weighted by Gasteiger charge is 2.13. The van der Waals surface area contributed by atoms with Crippen LogP contribution in [0.2, 0.25) is 0 Å². The molecule has 9 nitrogen and oxygen atoms in total. The molecule has 9 heteroatoms. The Balaban J connectivity index is 1.68. The highest BCUT2D eigenvalue weighted by atomic mass is 16.5. The first-order valence-electron chi connectivity index (χ1n) is 9.51. The number of amides is 2. The highest BCUT2D eigenvalue weighted by Crippen LogP contribution is 2.31. The summed E-state index contributed by atoms with van der Waals surface area (Å²) in [4.78, 5) is 29.1. The van der Waals surface area contributed by atoms with Gasteiger partial charge in [0.25, 0.3) is 11.8 Å². The Labute approximate surface area is 185 Å². The van der Waals surface area contributed by atoms with E-state index < -0.39 is 5.91 Å². The van der Waals surface area contributed by atoms with Crippen LogP contribution < -0.4 is 29.6 Å². The minimum absolute atomic E-state index is 0.155. The summed E-state index contributed by atoms with van der Waals surface area (Å²) in [5, 5.41) is 5.49. The van der Waals surface area contributed by atoms with Crippen molar-refractivity contribution >= 4 is 23.2 Å². The van der Waals surface area contributed by atoms with Gasteiger partial charge in [-0.15, -0.1) is 0 Å². The summed E-state index contributed by atoms with van der Waals surface area (Å²) in [6.07, 6.45) is 1.33. The Bertz CT molecular complexity index is 1030. The highest BCUT2D eigenvalue weighted by molar-refractivity contribution is 6.06. The molecule has 3 rings (SSSR count). The van der Waals surface area contributed by atoms with E-state index in [9.17, 15) is 9.59 Å². The Morgan fingerprint density at radius 2 is 1.16 bits per heavy atom. The lowest BCUT2D eigenvalue weighted by atomic mass is 10.2. The van der Waals surface area contributed by atoms with Crippen LogP contribution in [0.3, 0.4) is 0 Å². The number of methoxy groups -OCH3 is 4. The fraction of sp³-hybridized carbons (Fsp3) is 0.174. The molecule has 0 aliphatic carbocycles. The van der Waals surface area contributed by atoms with Crippen LogP contribution >= 0.6 is 0 Å². The zero-order valence-electron chi connectivity index (χ0n) is 18.1. The molecule has 0 aliphatic heterocycles. The maximum absolute atomic E-state index is 12.5. The maximum Gasteiger partial charge on any atom is 0.274 e. The number of pyridine rings is 1. The van der Waals surface area contributed by atoms with E-state index >= 15 is 0 Å². The quantitative estimate of drug-likeness (QED) is 0.554. The molecule has 0 bridgehead atoms. The van der Waals surface area contributed by atoms with Gasteiger partial charge in [-0.3, -0.25) is 14.6 Å². The second-order valence-electron chi connectivity index (χ2n) is 6.48. The number of carbonyl (C=O) groups is 2. The number of benzene rings is 2. The molecule has 0 fully saturated rings. The molecule has 0 saturated heterocycles. The lowest BCUT2D eigenvalue weighted by Crippen LogP contribution is -2.16. The average Bonchev–Trinajstić information content (AvgIpc) is 2.83. The molecule has 166 valence electrons. The van der Waals surface area contributed by atoms with Crippen molar-refractivity contribution < 1.29 is 28.5 Å². The topological polar surface area (TPSA) is 108 Å². The molecule has 1 heterocycles. The number of ether oxygens (including phenoxy) is 4. The molecule has 2 amide bonds. The summed E-state index contributed by atoms with van der Waals surface area (Å²) in [6.45, 7) is 0. The van der Waals surface area contributed by atoms with E-state index in [1.165, 1.54) is 46.8 Å². The molecule has 0 unspecified atom stereocenters. The third-order valence-electron chi connectivity index (χ3n) is 4.54. The lowest BCUT2D eigenvalue weighted by molar-refractivity contribution is 0.101. The van der Waals surface area contributed by atoms with E-state index in [2.05, 4.69) is 15.6 Å². The molecule has 3 aromatic rings. The average molecular weight is 437 g/mol. The van der Waals surface area contributed by atoms with Gasteiger partial charge in [0.1, 0.15) is 5.69 Å². The van der Waals surface area contributed by atoms with Crippen LogP contribution in [0.15, 0.2) is 54.7 Å². The van der Waals surface area contributed by atoms with Crippen molar-refractivity contribution in [3.63, 3.8) is 0 Å². The number of rotatable bonds is 8. The molecule has 0 atom stereocenters. The van der Waals surface area contributed by atoms with E-state index in [0.717, 1.165) is 0 Å². The number of nitrogens with zero attached hydrogens (tertiary/aromatic N) is 1. The van der Waals surface area contributed by atoms with Crippen LogP contribution in [0.5, 0.6) is 23.0 Å². The fourth-order valence-corrected chi connectivity index (χ4v) is 2.89. The fourth-order valence-electron chi connectivity index (χ4n) is 2.89. The first-order valence-corrected chi connectivity index (χ1v) is 9.51. The van der Waals surface area contributed by atoms with Gasteiger partial charge in [-0.1, -0.05) is 0 Å². The number of hydrogen-bond donors (Lipinski definition) is 2. The van der Waals surface area contributed by atoms with E-state index in [0.29, 0.717) is 39.9 Å². The van der Waals surface area contributed by atoms with Crippen LogP contribution in [-0.2, 0) is 0 Å². The number of anilines is 2. The van der Waals surface area contributed by atoms with Crippen LogP contribution in [-0.4, -0.2) is 45.2 Å². The largest absolute Gasteiger partial charge is 0.493 e. The van der Waals surface area contributed by atoms with Crippen LogP contribution in [0, 0.1) is 0 Å². The summed E-state index contributed by atoms with van der Waals surface area (Å²) in [6, 6.07) is 13.0. The third kappa shape index (κ3) is 5.07. The number of carbonyl (C=O) groups excluding carboxylic acids is 2. The lowest BCUT2D eigenvalue weighted by Gasteiger charge is -2.11. The van der Waals surface area contributed by atoms with Gasteiger partial charge in [0.2, 0.25) is 0 Å². The van der Waals surface area contributed by atoms with E-state index in [4.69, 9.17) is 18.9 Å². The van der Waals surface area contributed by atoms with Crippen molar-refractivity contribution in [1.29, 1.82) is 0 Å². The number of nitrogens with one attached hydrogen (secondary N) is 2. The smallest absolute Gasteiger partial charge is 0.274 e. The van der Waals surface area contributed by atoms with Gasteiger partial charge in [-0.2, -0.15) is 0 Å². The molecule has 0 saturated carbocycles. The van der Waals surface area contributed by atoms with Gasteiger partial charge in [0, 0.05) is 29.7 Å². The Morgan fingerprint density at radius 3 is 1.59 bits per heavy atom. The first-order chi connectivity index (χ1) is 15.5. The second kappa shape index (κ2) is 10.2. The number of aromatic nitrogens is 1. The number of hydrogen-bond acceptors (Lipinski definition) is 7. The second-order valence-corrected chi connectivity index (χ2v) is 6.48. The zero-order chi connectivity index (χ0) is 23.1. The van der Waals surface area contributed by atoms with Crippen molar-refractivity contribution in [2.24, 2.45) is 0 Å². The molecular weight excluding hydrogens is 414 g/mol. The SMILES string of the molecule is COc1ccc(NC(=O)c2ccc(C(=O)Nc3ccc(OC)c(OC)c3)nc2)cc1OC. The monoisotopic (exact) mass is 437 g/mol. The minimum Gasteiger partial charge on any atom is -0.493 e. The molecular formula is C23H23N3O6. The summed E-state index contributed by atoms with van der Waals surface area (Å²) in [5.74, 6) is 1.28. The van der Waals surface area contributed by atoms with Crippen molar-refractivity contribution in [3.05, 3.63) is 66.0 Å². The Hall–Kier alpha value is -4.27. The maximum atomic E-state index is 12.5. The van der Waals surface area contributed by atoms with Crippen LogP contribution in [0.25, 0.3) is 0 Å². The summed E-state index contributed by atoms with van der Waals surface area (Å²) in [5.41, 5.74) is 1.50. The van der Waals surface area contributed by atoms with E-state index in [1.54, 1.807) is 36.4 Å². The standard InChI is InChI=1S/C23H23N3O6/c1-29-18-9-6-15(11-20(18)31-3)25-22(27)14-5-8-17(24-13-14)23(28)26-16-7-10-19(30-2)21(12-16)32-4/h5-13H,1-4H3,(H,25,27)(H,26,28). The molecule has 0 spiro atoms. The predicted octanol–water partition coefficient (Wildman–Crippen LogP) is 3.62. The van der Waals surface area contributed by atoms with Gasteiger partial charge < -0.3 is 29.6 Å². The van der Waals surface area contributed by atoms with Crippen LogP contribution in [0.4, 0.5) is 11.4 Å². The molecule has 0 aliphatic rings. The molecule has 2 aromatic carbocycles. The van der Waals surface area contributed by atoms with Gasteiger partial charge in [0.15, 0.2) is 23.0 Å². The molecule has 32 heavy (non-hydrogen) atoms. The normalized spacial score (nSPS) is 10.1. The van der Waals surface area contributed by atoms with E-state index in [-0.39, 0.29) is 11.6 Å². The molecule has 0 radical (unpaired) electrons. The van der Waals surface area contributed by atoms with Crippen molar-refractivity contribution in [3.8, 4) is 23.0 Å². The summed E-state index contributed by atoms with van der Waals surface area (Å²) < 4.78 is 20.8. The van der Waals surface area contributed by atoms with Crippen molar-refractivity contribution in [2.45, 2.75) is 0 Å². The third-order valence-corrected chi connectivity index (χ3v) is 4.54. The zero-order valence-corrected chi connectivity index (χ0v) is 18.1. The van der Waals surface area contributed by atoms with Gasteiger partial charge in [-0.25, -0.2) is 0 Å². The van der Waals surface area contributed by atoms with Crippen molar-refractivity contribution in [1.82, 2.24) is 4.98 Å². The summed E-state index contributed by atoms with van der Waals surface area (Å²) in [7, 11) is 6.09. The Morgan fingerprint density at radius 1 is 0.656 bits per heavy atom.